The summed E-state index contributed by atoms with van der Waals surface area (Å²) in [5.41, 5.74) is 7.39. The minimum Gasteiger partial charge on any atom is -0.459 e. The Bertz CT molecular complexity index is 3880. The second-order valence-electron chi connectivity index (χ2n) is 43.5. The third-order valence-electron chi connectivity index (χ3n) is 25.6. The zero-order valence-corrected chi connectivity index (χ0v) is 81.3. The van der Waals surface area contributed by atoms with E-state index < -0.39 is 71.4 Å². The lowest BCUT2D eigenvalue weighted by Gasteiger charge is -2.58. The lowest BCUT2D eigenvalue weighted by atomic mass is 9.48. The highest BCUT2D eigenvalue weighted by atomic mass is 127. The molecule has 0 radical (unpaired) electrons. The van der Waals surface area contributed by atoms with Crippen molar-refractivity contribution in [3.8, 4) is 0 Å². The van der Waals surface area contributed by atoms with Crippen LogP contribution in [-0.2, 0) is 65.9 Å². The summed E-state index contributed by atoms with van der Waals surface area (Å²) in [6.07, 6.45) is 14.1. The van der Waals surface area contributed by atoms with Gasteiger partial charge in [0.2, 0.25) is 0 Å². The topological polar surface area (TPSA) is 116 Å². The number of benzene rings is 6. The Labute approximate surface area is 740 Å². The van der Waals surface area contributed by atoms with Crippen LogP contribution in [0.2, 0.25) is 0 Å². The minimum atomic E-state index is -2.99. The van der Waals surface area contributed by atoms with E-state index >= 15 is 0 Å². The van der Waals surface area contributed by atoms with Gasteiger partial charge in [-0.2, -0.15) is 0 Å². The molecule has 12 aliphatic rings. The van der Waals surface area contributed by atoms with Crippen LogP contribution in [-0.4, -0.2) is 72.0 Å². The number of Topliss-reactive ketones (excluding diaryl/α,β-unsaturated/α-hetero) is 1. The number of esters is 3. The maximum Gasteiger partial charge on any atom is 0.357 e. The lowest BCUT2D eigenvalue weighted by Crippen LogP contribution is -3.61. The van der Waals surface area contributed by atoms with E-state index in [9.17, 15) is 50.6 Å². The first-order chi connectivity index (χ1) is 54.8. The molecule has 119 heavy (non-hydrogen) atoms. The predicted molar refractivity (Wildman–Crippen MR) is 451 cm³/mol. The Kier molecular flexibility index (Phi) is 30.2. The van der Waals surface area contributed by atoms with Gasteiger partial charge in [-0.15, -0.1) is 0 Å². The average molecular weight is 1980 g/mol. The predicted octanol–water partition coefficient (Wildman–Crippen LogP) is 15.7. The molecule has 0 aliphatic heterocycles. The van der Waals surface area contributed by atoms with Gasteiger partial charge in [0, 0.05) is 32.6 Å². The molecule has 1 N–H and O–H groups in total. The molecule has 4 atom stereocenters. The van der Waals surface area contributed by atoms with Crippen LogP contribution < -0.4 is 63.6 Å². The molecule has 0 saturated heterocycles. The standard InChI is InChI=1S/3C20H26I.C14H20F2O3.C14H18F2O3.C14H20F2O2/c3*1-19(2,3)15-7-11-17(12-8-15)21-18-13-9-16(10-14-18)20(4,5)6;1-12(15,16)8-19-11(17)13-3-9-2-10(4-13)6-14(18,5-9)7-13;1-13(15,16)7-19-12(18)14-4-8-2-9(5-14)11(17)10(3-8)6-14;1-13(15,16)8-18-12(17)14-5-9-2-10(6-14)4-11(3-9)7-14/h3*7-14H,1-6H3;9-10,18H,2-8H2,1H3;8-10H,2-7H2,1H3;9-11H,2-8H2,1H3/q3*+1;;;. The fourth-order valence-electron chi connectivity index (χ4n) is 20.3. The van der Waals surface area contributed by atoms with Crippen LogP contribution in [0.5, 0.6) is 0 Å². The third-order valence-corrected chi connectivity index (χ3v) is 33.7. The maximum absolute atomic E-state index is 12.8. The Morgan fingerprint density at radius 2 is 0.496 bits per heavy atom. The molecule has 652 valence electrons. The van der Waals surface area contributed by atoms with Crippen molar-refractivity contribution in [2.75, 3.05) is 19.8 Å². The summed E-state index contributed by atoms with van der Waals surface area (Å²) < 4.78 is 100. The minimum absolute atomic E-state index is 0.0408. The summed E-state index contributed by atoms with van der Waals surface area (Å²) in [7, 11) is 0. The fraction of sp³-hybridized carbons (Fsp3) is 0.608. The molecule has 0 heterocycles. The quantitative estimate of drug-likeness (QED) is 0.0468. The molecule has 0 aromatic heterocycles. The Balaban J connectivity index is 0.000000150. The second-order valence-corrected chi connectivity index (χ2v) is 52.5. The molecule has 6 aromatic carbocycles. The van der Waals surface area contributed by atoms with Crippen molar-refractivity contribution in [2.45, 2.75) is 310 Å². The molecule has 12 aliphatic carbocycles. The molecule has 8 nitrogen and oxygen atoms in total. The van der Waals surface area contributed by atoms with Crippen LogP contribution in [0.3, 0.4) is 0 Å². The monoisotopic (exact) mass is 1980 g/mol. The zero-order valence-electron chi connectivity index (χ0n) is 74.8. The first kappa shape index (κ1) is 96.3. The fourth-order valence-corrected chi connectivity index (χ4v) is 26.8. The molecule has 12 saturated carbocycles. The highest BCUT2D eigenvalue weighted by molar-refractivity contribution is 5.89. The van der Waals surface area contributed by atoms with Crippen LogP contribution in [0, 0.1) is 85.0 Å². The number of ether oxygens (including phenoxy) is 3. The van der Waals surface area contributed by atoms with Crippen molar-refractivity contribution in [1.29, 1.82) is 0 Å². The van der Waals surface area contributed by atoms with Gasteiger partial charge < -0.3 is 19.3 Å². The molecule has 12 fully saturated rings. The highest BCUT2D eigenvalue weighted by Gasteiger charge is 2.62. The van der Waals surface area contributed by atoms with Gasteiger partial charge in [-0.05, 0) is 283 Å². The van der Waals surface area contributed by atoms with E-state index in [1.54, 1.807) is 0 Å². The highest BCUT2D eigenvalue weighted by Crippen LogP contribution is 2.63. The van der Waals surface area contributed by atoms with E-state index in [-0.39, 0.29) is 120 Å². The van der Waals surface area contributed by atoms with Gasteiger partial charge >= 0.3 is 81.5 Å². The molecule has 0 spiro atoms. The number of halogens is 9. The first-order valence-corrected chi connectivity index (χ1v) is 49.8. The first-order valence-electron chi connectivity index (χ1n) is 43.3. The molecule has 4 unspecified atom stereocenters. The summed E-state index contributed by atoms with van der Waals surface area (Å²) >= 11 is -0.211. The molecule has 0 amide bonds. The van der Waals surface area contributed by atoms with E-state index in [2.05, 4.69) is 270 Å². The van der Waals surface area contributed by atoms with Crippen LogP contribution in [0.4, 0.5) is 26.3 Å². The summed E-state index contributed by atoms with van der Waals surface area (Å²) in [6, 6.07) is 55.2. The SMILES string of the molecule is CC(C)(C)c1ccc([I+]c2ccc(C(C)(C)C)cc2)cc1.CC(C)(C)c1ccc([I+]c2ccc(C(C)(C)C)cc2)cc1.CC(C)(C)c1ccc([I+]c2ccc(C(C)(C)C)cc2)cc1.CC(F)(F)COC(=O)C12CC3CC(C1)C(=O)C(C3)C2.CC(F)(F)COC(=O)C12CC3CC(CC(C3)C1)C2.CC(F)(F)COC(=O)C12CC3CC(CC(O)(C3)C1)C2. The summed E-state index contributed by atoms with van der Waals surface area (Å²) in [5, 5.41) is 10.5. The Hall–Kier alpha value is -4.87. The van der Waals surface area contributed by atoms with Crippen LogP contribution in [0.25, 0.3) is 0 Å². The van der Waals surface area contributed by atoms with E-state index in [1.807, 2.05) is 0 Å². The summed E-state index contributed by atoms with van der Waals surface area (Å²) in [6.45, 7) is 40.6. The van der Waals surface area contributed by atoms with E-state index in [0.717, 1.165) is 72.1 Å². The number of alkyl halides is 6. The lowest BCUT2D eigenvalue weighted by molar-refractivity contribution is -0.597. The van der Waals surface area contributed by atoms with Gasteiger partial charge in [-0.1, -0.05) is 197 Å². The molecule has 18 rings (SSSR count). The summed E-state index contributed by atoms with van der Waals surface area (Å²) in [4.78, 5) is 48.6. The van der Waals surface area contributed by atoms with Gasteiger partial charge in [0.25, 0.3) is 17.8 Å². The maximum atomic E-state index is 12.8. The largest absolute Gasteiger partial charge is 0.459 e. The summed E-state index contributed by atoms with van der Waals surface area (Å²) in [5.74, 6) is -7.12. The number of hydrogen-bond donors (Lipinski definition) is 1. The number of ketones is 1. The van der Waals surface area contributed by atoms with Gasteiger partial charge in [0.1, 0.15) is 5.78 Å². The smallest absolute Gasteiger partial charge is 0.357 e. The molecule has 17 heteroatoms. The van der Waals surface area contributed by atoms with Crippen LogP contribution in [0.15, 0.2) is 146 Å². The van der Waals surface area contributed by atoms with Gasteiger partial charge in [0.05, 0.1) is 21.8 Å². The van der Waals surface area contributed by atoms with Crippen molar-refractivity contribution in [1.82, 2.24) is 0 Å². The van der Waals surface area contributed by atoms with Crippen LogP contribution in [0.1, 0.15) is 288 Å². The number of carbonyl (C=O) groups is 4. The zero-order chi connectivity index (χ0) is 87.7. The molecule has 12 bridgehead atoms. The van der Waals surface area contributed by atoms with Gasteiger partial charge in [0.15, 0.2) is 41.2 Å². The third kappa shape index (κ3) is 27.1. The van der Waals surface area contributed by atoms with E-state index in [1.165, 1.54) is 74.1 Å². The van der Waals surface area contributed by atoms with E-state index in [4.69, 9.17) is 14.2 Å². The Morgan fingerprint density at radius 3 is 0.706 bits per heavy atom. The van der Waals surface area contributed by atoms with Crippen LogP contribution >= 0.6 is 0 Å². The van der Waals surface area contributed by atoms with Crippen molar-refractivity contribution in [3.63, 3.8) is 0 Å². The average Bonchev–Trinajstić information content (AvgIpc) is 0.731. The van der Waals surface area contributed by atoms with Crippen molar-refractivity contribution < 1.29 is 128 Å². The normalized spacial score (nSPS) is 26.5. The number of rotatable bonds is 15. The number of carbonyl (C=O) groups excluding carboxylic acids is 4. The number of aliphatic hydroxyl groups is 1. The molecular weight excluding hydrogens is 1850 g/mol. The van der Waals surface area contributed by atoms with Gasteiger partial charge in [-0.25, -0.2) is 26.3 Å². The van der Waals surface area contributed by atoms with Gasteiger partial charge in [-0.3, -0.25) is 19.2 Å². The number of hydrogen-bond acceptors (Lipinski definition) is 8. The van der Waals surface area contributed by atoms with Crippen molar-refractivity contribution in [2.24, 2.45) is 63.6 Å². The van der Waals surface area contributed by atoms with Crippen molar-refractivity contribution >= 4 is 23.7 Å². The van der Waals surface area contributed by atoms with Crippen molar-refractivity contribution in [3.05, 3.63) is 200 Å². The Morgan fingerprint density at radius 1 is 0.303 bits per heavy atom. The molecular formula is C102H136F6I3O8+3. The van der Waals surface area contributed by atoms with E-state index in [0.29, 0.717) is 74.0 Å². The second kappa shape index (κ2) is 37.4. The molecule has 6 aromatic rings.